The summed E-state index contributed by atoms with van der Waals surface area (Å²) in [4.78, 5) is 26.7. The maximum atomic E-state index is 11.6. The lowest BCUT2D eigenvalue weighted by Gasteiger charge is -2.07. The topological polar surface area (TPSA) is 46.5 Å². The average molecular weight is 364 g/mol. The van der Waals surface area contributed by atoms with Crippen molar-refractivity contribution in [3.8, 4) is 0 Å². The van der Waals surface area contributed by atoms with Crippen LogP contribution in [-0.2, 0) is 9.59 Å². The molecule has 1 aromatic carbocycles. The van der Waals surface area contributed by atoms with Crippen molar-refractivity contribution in [3.05, 3.63) is 89.6 Å². The van der Waals surface area contributed by atoms with Crippen LogP contribution in [0.1, 0.15) is 38.8 Å². The molecule has 0 amide bonds. The van der Waals surface area contributed by atoms with E-state index in [-0.39, 0.29) is 0 Å². The van der Waals surface area contributed by atoms with Gasteiger partial charge in [0.1, 0.15) is 0 Å². The molecule has 0 spiro atoms. The number of rotatable bonds is 8. The quantitative estimate of drug-likeness (QED) is 0.192. The van der Waals surface area contributed by atoms with Crippen molar-refractivity contribution in [2.75, 3.05) is 0 Å². The van der Waals surface area contributed by atoms with E-state index in [0.717, 1.165) is 11.3 Å². The maximum Gasteiger partial charge on any atom is 0.225 e. The van der Waals surface area contributed by atoms with Gasteiger partial charge in [0.05, 0.1) is 5.70 Å². The van der Waals surface area contributed by atoms with Gasteiger partial charge in [-0.3, -0.25) is 14.6 Å². The largest absolute Gasteiger partial charge is 0.294 e. The third-order valence-corrected chi connectivity index (χ3v) is 3.53. The maximum absolute atomic E-state index is 11.6. The summed E-state index contributed by atoms with van der Waals surface area (Å²) in [6, 6.07) is 8.02. The van der Waals surface area contributed by atoms with Gasteiger partial charge in [0.15, 0.2) is 6.29 Å². The lowest BCUT2D eigenvalue weighted by Crippen LogP contribution is -2.02. The molecule has 3 heteroatoms. The number of aliphatic imine (C=N–C) groups is 1. The van der Waals surface area contributed by atoms with Gasteiger partial charge in [0, 0.05) is 17.4 Å². The van der Waals surface area contributed by atoms with E-state index in [0.29, 0.717) is 23.0 Å². The fourth-order valence-electron chi connectivity index (χ4n) is 2.12. The smallest absolute Gasteiger partial charge is 0.225 e. The van der Waals surface area contributed by atoms with E-state index in [1.54, 1.807) is 31.4 Å². The van der Waals surface area contributed by atoms with Gasteiger partial charge in [-0.15, -0.1) is 0 Å². The molecule has 142 valence electrons. The van der Waals surface area contributed by atoms with Crippen molar-refractivity contribution in [2.45, 2.75) is 34.6 Å². The molecule has 1 aromatic rings. The average Bonchev–Trinajstić information content (AvgIpc) is 2.70. The molecule has 0 aromatic heterocycles. The lowest BCUT2D eigenvalue weighted by atomic mass is 10.00. The molecule has 0 radical (unpaired) electrons. The Balaban J connectivity index is 0.00000326. The molecular weight excluding hydrogens is 334 g/mol. The molecule has 0 N–H and O–H groups in total. The molecular formula is C24H29NO2. The van der Waals surface area contributed by atoms with Gasteiger partial charge in [0.2, 0.25) is 5.78 Å². The van der Waals surface area contributed by atoms with E-state index in [4.69, 9.17) is 0 Å². The minimum Gasteiger partial charge on any atom is -0.294 e. The van der Waals surface area contributed by atoms with Crippen LogP contribution in [0.3, 0.4) is 0 Å². The van der Waals surface area contributed by atoms with E-state index in [1.807, 2.05) is 58.0 Å². The number of carbonyl (C=O) groups excluding carboxylic acids is 2. The number of hydrogen-bond acceptors (Lipinski definition) is 3. The first kappa shape index (κ1) is 23.9. The van der Waals surface area contributed by atoms with Gasteiger partial charge in [-0.25, -0.2) is 0 Å². The second-order valence-electron chi connectivity index (χ2n) is 5.34. The number of Topliss-reactive ketones (excluding diaryl/α,β-unsaturated/α-hetero) is 1. The third-order valence-electron chi connectivity index (χ3n) is 3.53. The van der Waals surface area contributed by atoms with E-state index in [9.17, 15) is 9.59 Å². The zero-order valence-corrected chi connectivity index (χ0v) is 17.0. The fraction of sp³-hybridized carbons (Fsp3) is 0.208. The number of ketones is 1. The van der Waals surface area contributed by atoms with Crippen molar-refractivity contribution in [2.24, 2.45) is 4.99 Å². The normalized spacial score (nSPS) is 12.3. The van der Waals surface area contributed by atoms with Gasteiger partial charge in [-0.2, -0.15) is 0 Å². The van der Waals surface area contributed by atoms with Gasteiger partial charge in [0.25, 0.3) is 0 Å². The second kappa shape index (κ2) is 13.2. The van der Waals surface area contributed by atoms with Crippen LogP contribution in [0.5, 0.6) is 0 Å². The first-order valence-electron chi connectivity index (χ1n) is 8.93. The van der Waals surface area contributed by atoms with Crippen LogP contribution in [-0.4, -0.2) is 18.3 Å². The molecule has 0 saturated carbocycles. The SMILES string of the molecule is C=C/C(=C\C(=C/C)C(=O)C=O)C(=C)/C=C(\N=CC)c1ccc(C)cc1.CC. The summed E-state index contributed by atoms with van der Waals surface area (Å²) in [6.45, 7) is 17.4. The summed E-state index contributed by atoms with van der Waals surface area (Å²) >= 11 is 0. The highest BCUT2D eigenvalue weighted by molar-refractivity contribution is 6.34. The van der Waals surface area contributed by atoms with Gasteiger partial charge < -0.3 is 0 Å². The molecule has 0 fully saturated rings. The number of nitrogens with zero attached hydrogens (tertiary/aromatic N) is 1. The highest BCUT2D eigenvalue weighted by atomic mass is 16.2. The Kier molecular flexibility index (Phi) is 11.7. The Labute approximate surface area is 163 Å². The summed E-state index contributed by atoms with van der Waals surface area (Å²) in [5.41, 5.74) is 4.48. The van der Waals surface area contributed by atoms with Crippen LogP contribution < -0.4 is 0 Å². The van der Waals surface area contributed by atoms with Crippen LogP contribution in [0.4, 0.5) is 0 Å². The summed E-state index contributed by atoms with van der Waals surface area (Å²) in [5, 5.41) is 0. The summed E-state index contributed by atoms with van der Waals surface area (Å²) in [7, 11) is 0. The minimum atomic E-state index is -0.580. The molecule has 0 saturated heterocycles. The van der Waals surface area contributed by atoms with Crippen molar-refractivity contribution in [1.82, 2.24) is 0 Å². The molecule has 1 rings (SSSR count). The Bertz CT molecular complexity index is 788. The number of benzene rings is 1. The molecule has 0 aliphatic heterocycles. The van der Waals surface area contributed by atoms with Crippen LogP contribution in [0.25, 0.3) is 5.70 Å². The lowest BCUT2D eigenvalue weighted by molar-refractivity contribution is -0.127. The highest BCUT2D eigenvalue weighted by Crippen LogP contribution is 2.22. The van der Waals surface area contributed by atoms with Crippen LogP contribution >= 0.6 is 0 Å². The predicted molar refractivity (Wildman–Crippen MR) is 117 cm³/mol. The number of aldehydes is 1. The van der Waals surface area contributed by atoms with Gasteiger partial charge >= 0.3 is 0 Å². The molecule has 27 heavy (non-hydrogen) atoms. The molecule has 0 bridgehead atoms. The number of aryl methyl sites for hydroxylation is 1. The van der Waals surface area contributed by atoms with Crippen molar-refractivity contribution in [1.29, 1.82) is 0 Å². The van der Waals surface area contributed by atoms with Gasteiger partial charge in [-0.1, -0.05) is 69.0 Å². The van der Waals surface area contributed by atoms with E-state index >= 15 is 0 Å². The summed E-state index contributed by atoms with van der Waals surface area (Å²) in [5.74, 6) is -0.580. The number of hydrogen-bond donors (Lipinski definition) is 0. The number of carbonyl (C=O) groups is 2. The van der Waals surface area contributed by atoms with Crippen LogP contribution in [0.15, 0.2) is 83.4 Å². The molecule has 0 unspecified atom stereocenters. The second-order valence-corrected chi connectivity index (χ2v) is 5.34. The first-order valence-corrected chi connectivity index (χ1v) is 8.93. The zero-order valence-electron chi connectivity index (χ0n) is 17.0. The van der Waals surface area contributed by atoms with Crippen molar-refractivity contribution < 1.29 is 9.59 Å². The van der Waals surface area contributed by atoms with E-state index < -0.39 is 5.78 Å². The Morgan fingerprint density at radius 3 is 2.07 bits per heavy atom. The van der Waals surface area contributed by atoms with Crippen molar-refractivity contribution >= 4 is 24.0 Å². The number of allylic oxidation sites excluding steroid dienone is 7. The Morgan fingerprint density at radius 2 is 1.63 bits per heavy atom. The highest BCUT2D eigenvalue weighted by Gasteiger charge is 2.07. The molecule has 0 aliphatic carbocycles. The standard InChI is InChI=1S/C22H23NO2.C2H6/c1-6-18(14-19(7-2)22(25)15-24)17(5)13-21(23-8-3)20-11-9-16(4)10-12-20;1-2/h6-15H,1,5H2,2-4H3;1-2H3/b18-14+,19-7+,21-13-,23-8?;. The third kappa shape index (κ3) is 7.78. The first-order chi connectivity index (χ1) is 13.0. The molecule has 0 aliphatic rings. The molecule has 0 atom stereocenters. The summed E-state index contributed by atoms with van der Waals surface area (Å²) < 4.78 is 0. The molecule has 0 heterocycles. The van der Waals surface area contributed by atoms with Crippen molar-refractivity contribution in [3.63, 3.8) is 0 Å². The fourth-order valence-corrected chi connectivity index (χ4v) is 2.12. The van der Waals surface area contributed by atoms with Crippen LogP contribution in [0, 0.1) is 6.92 Å². The monoisotopic (exact) mass is 363 g/mol. The van der Waals surface area contributed by atoms with E-state index in [1.165, 1.54) is 5.56 Å². The predicted octanol–water partition coefficient (Wildman–Crippen LogP) is 5.84. The summed E-state index contributed by atoms with van der Waals surface area (Å²) in [6.07, 6.45) is 8.63. The molecule has 3 nitrogen and oxygen atoms in total. The zero-order chi connectivity index (χ0) is 20.8. The Morgan fingerprint density at radius 1 is 1.04 bits per heavy atom. The van der Waals surface area contributed by atoms with E-state index in [2.05, 4.69) is 18.2 Å². The van der Waals surface area contributed by atoms with Crippen LogP contribution in [0.2, 0.25) is 0 Å². The minimum absolute atomic E-state index is 0.296. The van der Waals surface area contributed by atoms with Gasteiger partial charge in [-0.05, 0) is 44.1 Å². The Hall–Kier alpha value is -3.07.